The highest BCUT2D eigenvalue weighted by atomic mass is 79.9. The normalized spacial score (nSPS) is 13.9. The van der Waals surface area contributed by atoms with E-state index in [0.717, 1.165) is 37.5 Å². The van der Waals surface area contributed by atoms with Crippen molar-refractivity contribution in [2.24, 2.45) is 7.05 Å². The number of amides is 1. The number of likely N-dealkylation sites (N-methyl/N-ethyl adjacent to an activating group) is 1. The van der Waals surface area contributed by atoms with Gasteiger partial charge in [0.15, 0.2) is 10.3 Å². The monoisotopic (exact) mass is 565 g/mol. The zero-order valence-corrected chi connectivity index (χ0v) is 23.8. The van der Waals surface area contributed by atoms with Crippen LogP contribution in [0, 0.1) is 0 Å². The van der Waals surface area contributed by atoms with Crippen LogP contribution in [-0.2, 0) is 11.8 Å². The Balaban J connectivity index is 0.000000392. The van der Waals surface area contributed by atoms with E-state index in [4.69, 9.17) is 5.10 Å². The molecule has 1 fully saturated rings. The molecule has 0 bridgehead atoms. The fraction of sp³-hybridized carbons (Fsp3) is 0.480. The van der Waals surface area contributed by atoms with E-state index in [0.29, 0.717) is 16.0 Å². The van der Waals surface area contributed by atoms with E-state index in [1.165, 1.54) is 21.0 Å². The van der Waals surface area contributed by atoms with Gasteiger partial charge >= 0.3 is 0 Å². The molecule has 0 unspecified atom stereocenters. The summed E-state index contributed by atoms with van der Waals surface area (Å²) in [5.41, 5.74) is 0.599. The Morgan fingerprint density at radius 2 is 1.72 bits per heavy atom. The molecule has 1 amide bonds. The first-order chi connectivity index (χ1) is 17.0. The number of alkyl halides is 1. The Hall–Kier alpha value is -2.92. The number of carbonyl (C=O) groups excluding carboxylic acids is 1. The van der Waals surface area contributed by atoms with E-state index in [1.807, 2.05) is 32.0 Å². The third kappa shape index (κ3) is 7.54. The van der Waals surface area contributed by atoms with Gasteiger partial charge in [0.25, 0.3) is 5.91 Å². The molecular weight excluding hydrogens is 529 g/mol. The molecule has 1 aliphatic heterocycles. The van der Waals surface area contributed by atoms with Crippen molar-refractivity contribution in [3.05, 3.63) is 53.1 Å². The van der Waals surface area contributed by atoms with Gasteiger partial charge in [0.05, 0.1) is 18.3 Å². The number of aryl methyl sites for hydroxylation is 1. The van der Waals surface area contributed by atoms with Gasteiger partial charge < -0.3 is 19.9 Å². The van der Waals surface area contributed by atoms with Crippen molar-refractivity contribution < 1.29 is 13.9 Å². The van der Waals surface area contributed by atoms with Crippen molar-refractivity contribution in [2.75, 3.05) is 50.6 Å². The van der Waals surface area contributed by atoms with Gasteiger partial charge in [-0.15, -0.1) is 5.10 Å². The van der Waals surface area contributed by atoms with Crippen LogP contribution in [0.2, 0.25) is 0 Å². The Morgan fingerprint density at radius 3 is 2.22 bits per heavy atom. The van der Waals surface area contributed by atoms with Gasteiger partial charge in [-0.1, -0.05) is 20.4 Å². The average Bonchev–Trinajstić information content (AvgIpc) is 3.41. The molecule has 1 saturated heterocycles. The van der Waals surface area contributed by atoms with E-state index in [1.54, 1.807) is 28.5 Å². The summed E-state index contributed by atoms with van der Waals surface area (Å²) < 4.78 is 21.0. The van der Waals surface area contributed by atoms with E-state index in [-0.39, 0.29) is 11.7 Å². The number of nitrogens with one attached hydrogen (secondary N) is 1. The van der Waals surface area contributed by atoms with E-state index in [2.05, 4.69) is 54.5 Å². The summed E-state index contributed by atoms with van der Waals surface area (Å²) in [5.74, 6) is 0.831. The second-order valence-electron chi connectivity index (χ2n) is 8.60. The van der Waals surface area contributed by atoms with Gasteiger partial charge in [0, 0.05) is 39.4 Å². The van der Waals surface area contributed by atoms with Crippen LogP contribution in [0.15, 0.2) is 47.4 Å². The Bertz CT molecular complexity index is 1160. The molecule has 0 aromatic carbocycles. The number of nitrogens with zero attached hydrogens (tertiary/aromatic N) is 6. The molecule has 198 valence electrons. The third-order valence-electron chi connectivity index (χ3n) is 5.49. The molecule has 0 saturated carbocycles. The first kappa shape index (κ1) is 29.3. The summed E-state index contributed by atoms with van der Waals surface area (Å²) in [5, 5.41) is 11.8. The van der Waals surface area contributed by atoms with Gasteiger partial charge in [-0.05, 0) is 61.1 Å². The standard InChI is InChI=1S/C17H20BrN7O.C6H11FO.C2H6/c1-22-7-9-24(10-8-22)15-6-4-12-3-5-14(25(12)20-15)17(26)19-13-11-23(2)21-16(13)18;1-5(8-4)6(2,3)7;1-2/h3-6,11H,7-10H2,1-2H3,(H,19,26);1H2,2-4H3;1-2H3. The van der Waals surface area contributed by atoms with Crippen molar-refractivity contribution in [2.45, 2.75) is 33.4 Å². The summed E-state index contributed by atoms with van der Waals surface area (Å²) in [7, 11) is 5.33. The Labute approximate surface area is 221 Å². The number of aromatic nitrogens is 4. The highest BCUT2D eigenvalue weighted by Crippen LogP contribution is 2.22. The van der Waals surface area contributed by atoms with Crippen molar-refractivity contribution in [3.8, 4) is 0 Å². The van der Waals surface area contributed by atoms with Gasteiger partial charge in [-0.25, -0.2) is 8.91 Å². The van der Waals surface area contributed by atoms with Crippen molar-refractivity contribution in [1.29, 1.82) is 0 Å². The van der Waals surface area contributed by atoms with Crippen molar-refractivity contribution in [3.63, 3.8) is 0 Å². The number of piperazine rings is 1. The van der Waals surface area contributed by atoms with Gasteiger partial charge in [-0.3, -0.25) is 9.48 Å². The van der Waals surface area contributed by atoms with E-state index in [9.17, 15) is 9.18 Å². The maximum absolute atomic E-state index is 12.7. The highest BCUT2D eigenvalue weighted by Gasteiger charge is 2.20. The van der Waals surface area contributed by atoms with Crippen molar-refractivity contribution >= 4 is 38.9 Å². The lowest BCUT2D eigenvalue weighted by atomic mass is 10.1. The molecule has 1 N–H and O–H groups in total. The predicted molar refractivity (Wildman–Crippen MR) is 146 cm³/mol. The number of fused-ring (bicyclic) bond motifs is 1. The number of allylic oxidation sites excluding steroid dienone is 1. The fourth-order valence-electron chi connectivity index (χ4n) is 3.33. The molecule has 0 spiro atoms. The maximum Gasteiger partial charge on any atom is 0.274 e. The largest absolute Gasteiger partial charge is 0.498 e. The van der Waals surface area contributed by atoms with Crippen LogP contribution in [0.25, 0.3) is 5.52 Å². The molecule has 0 aliphatic carbocycles. The topological polar surface area (TPSA) is 79.9 Å². The molecule has 0 atom stereocenters. The Kier molecular flexibility index (Phi) is 10.5. The molecule has 3 aromatic rings. The lowest BCUT2D eigenvalue weighted by Gasteiger charge is -2.33. The summed E-state index contributed by atoms with van der Waals surface area (Å²) >= 11 is 3.35. The molecule has 11 heteroatoms. The third-order valence-corrected chi connectivity index (χ3v) is 6.08. The second-order valence-corrected chi connectivity index (χ2v) is 9.35. The van der Waals surface area contributed by atoms with E-state index < -0.39 is 5.67 Å². The molecule has 4 rings (SSSR count). The van der Waals surface area contributed by atoms with Crippen LogP contribution in [0.3, 0.4) is 0 Å². The summed E-state index contributed by atoms with van der Waals surface area (Å²) in [6.07, 6.45) is 1.75. The number of hydrogen-bond acceptors (Lipinski definition) is 6. The summed E-state index contributed by atoms with van der Waals surface area (Å²) in [4.78, 5) is 17.3. The zero-order chi connectivity index (χ0) is 27.0. The molecule has 1 aliphatic rings. The van der Waals surface area contributed by atoms with Crippen LogP contribution in [0.1, 0.15) is 38.2 Å². The number of rotatable bonds is 5. The maximum atomic E-state index is 12.7. The minimum absolute atomic E-state index is 0.164. The first-order valence-corrected chi connectivity index (χ1v) is 12.6. The molecule has 3 aromatic heterocycles. The highest BCUT2D eigenvalue weighted by molar-refractivity contribution is 9.10. The van der Waals surface area contributed by atoms with Crippen LogP contribution in [-0.4, -0.2) is 76.2 Å². The minimum Gasteiger partial charge on any atom is -0.498 e. The SMILES string of the molecule is C=C(OC)C(C)(C)F.CC.CN1CCN(c2ccc3ccc(C(=O)Nc4cn(C)nc4Br)n3n2)CC1. The quantitative estimate of drug-likeness (QED) is 0.449. The van der Waals surface area contributed by atoms with Crippen LogP contribution in [0.5, 0.6) is 0 Å². The number of methoxy groups -OCH3 is 1. The first-order valence-electron chi connectivity index (χ1n) is 11.8. The number of hydrogen-bond donors (Lipinski definition) is 1. The Morgan fingerprint density at radius 1 is 1.11 bits per heavy atom. The number of anilines is 2. The number of carbonyl (C=O) groups is 1. The smallest absolute Gasteiger partial charge is 0.274 e. The van der Waals surface area contributed by atoms with Crippen LogP contribution < -0.4 is 10.2 Å². The zero-order valence-electron chi connectivity index (χ0n) is 22.2. The van der Waals surface area contributed by atoms with Crippen LogP contribution >= 0.6 is 15.9 Å². The minimum atomic E-state index is -1.41. The summed E-state index contributed by atoms with van der Waals surface area (Å²) in [6.45, 7) is 14.0. The lowest BCUT2D eigenvalue weighted by molar-refractivity contribution is 0.102. The summed E-state index contributed by atoms with van der Waals surface area (Å²) in [6, 6.07) is 7.70. The predicted octanol–water partition coefficient (Wildman–Crippen LogP) is 4.76. The van der Waals surface area contributed by atoms with Gasteiger partial charge in [-0.2, -0.15) is 5.10 Å². The number of ether oxygens (including phenoxy) is 1. The molecular formula is C25H37BrFN7O2. The molecule has 36 heavy (non-hydrogen) atoms. The lowest BCUT2D eigenvalue weighted by Crippen LogP contribution is -2.45. The number of halogens is 2. The van der Waals surface area contributed by atoms with Gasteiger partial charge in [0.2, 0.25) is 0 Å². The van der Waals surface area contributed by atoms with Crippen LogP contribution in [0.4, 0.5) is 15.9 Å². The average molecular weight is 567 g/mol. The van der Waals surface area contributed by atoms with Crippen molar-refractivity contribution in [1.82, 2.24) is 24.3 Å². The second kappa shape index (κ2) is 12.9. The molecule has 9 nitrogen and oxygen atoms in total. The van der Waals surface area contributed by atoms with E-state index >= 15 is 0 Å². The molecule has 4 heterocycles. The fourth-order valence-corrected chi connectivity index (χ4v) is 3.78. The molecule has 0 radical (unpaired) electrons. The van der Waals surface area contributed by atoms with Gasteiger partial charge in [0.1, 0.15) is 17.3 Å².